The maximum Gasteiger partial charge on any atom is 0.0256 e. The van der Waals surface area contributed by atoms with Gasteiger partial charge in [0.1, 0.15) is 0 Å². The van der Waals surface area contributed by atoms with Crippen LogP contribution in [0.15, 0.2) is 11.6 Å². The Hall–Kier alpha value is -0.300. The van der Waals surface area contributed by atoms with Gasteiger partial charge in [-0.1, -0.05) is 30.9 Å². The molecule has 1 fully saturated rings. The minimum absolute atomic E-state index is 0.394. The SMILES string of the molecule is NC(CC1CC1)C1=CCCCCC1. The maximum atomic E-state index is 6.19. The second-order valence-corrected chi connectivity index (χ2v) is 4.66. The summed E-state index contributed by atoms with van der Waals surface area (Å²) >= 11 is 0. The van der Waals surface area contributed by atoms with Gasteiger partial charge in [0.05, 0.1) is 0 Å². The summed E-state index contributed by atoms with van der Waals surface area (Å²) in [4.78, 5) is 0. The van der Waals surface area contributed by atoms with Crippen LogP contribution in [0, 0.1) is 5.92 Å². The highest BCUT2D eigenvalue weighted by molar-refractivity contribution is 5.12. The van der Waals surface area contributed by atoms with Crippen LogP contribution in [0.4, 0.5) is 0 Å². The molecule has 0 bridgehead atoms. The molecule has 0 aromatic carbocycles. The molecule has 0 heterocycles. The van der Waals surface area contributed by atoms with E-state index in [4.69, 9.17) is 5.73 Å². The molecule has 0 aliphatic heterocycles. The first kappa shape index (κ1) is 9.26. The zero-order valence-electron chi connectivity index (χ0n) is 8.47. The van der Waals surface area contributed by atoms with Crippen LogP contribution >= 0.6 is 0 Å². The smallest absolute Gasteiger partial charge is 0.0256 e. The molecule has 1 atom stereocenters. The van der Waals surface area contributed by atoms with Gasteiger partial charge in [-0.25, -0.2) is 0 Å². The van der Waals surface area contributed by atoms with Gasteiger partial charge in [0.15, 0.2) is 0 Å². The van der Waals surface area contributed by atoms with Gasteiger partial charge in [-0.2, -0.15) is 0 Å². The van der Waals surface area contributed by atoms with Crippen LogP contribution < -0.4 is 5.73 Å². The Balaban J connectivity index is 1.84. The van der Waals surface area contributed by atoms with Crippen molar-refractivity contribution in [1.82, 2.24) is 0 Å². The van der Waals surface area contributed by atoms with Crippen LogP contribution in [-0.4, -0.2) is 6.04 Å². The predicted octanol–water partition coefficient (Wildman–Crippen LogP) is 3.00. The molecule has 1 heteroatoms. The Bertz CT molecular complexity index is 191. The summed E-state index contributed by atoms with van der Waals surface area (Å²) in [5, 5.41) is 0. The fourth-order valence-corrected chi connectivity index (χ4v) is 2.24. The average molecular weight is 179 g/mol. The van der Waals surface area contributed by atoms with Crippen LogP contribution in [0.5, 0.6) is 0 Å². The lowest BCUT2D eigenvalue weighted by Crippen LogP contribution is -2.23. The highest BCUT2D eigenvalue weighted by atomic mass is 14.6. The molecule has 2 N–H and O–H groups in total. The molecule has 0 amide bonds. The van der Waals surface area contributed by atoms with Crippen molar-refractivity contribution in [1.29, 1.82) is 0 Å². The molecule has 1 nitrogen and oxygen atoms in total. The van der Waals surface area contributed by atoms with E-state index in [1.165, 1.54) is 51.4 Å². The highest BCUT2D eigenvalue weighted by Crippen LogP contribution is 2.35. The minimum atomic E-state index is 0.394. The molecular formula is C12H21N. The standard InChI is InChI=1S/C12H21N/c13-12(9-10-7-8-10)11-5-3-1-2-4-6-11/h5,10,12H,1-4,6-9,13H2. The van der Waals surface area contributed by atoms with Crippen molar-refractivity contribution < 1.29 is 0 Å². The summed E-state index contributed by atoms with van der Waals surface area (Å²) in [6.07, 6.45) is 13.2. The quantitative estimate of drug-likeness (QED) is 0.662. The van der Waals surface area contributed by atoms with E-state index in [1.54, 1.807) is 5.57 Å². The van der Waals surface area contributed by atoms with Gasteiger partial charge in [0.2, 0.25) is 0 Å². The zero-order valence-corrected chi connectivity index (χ0v) is 8.47. The van der Waals surface area contributed by atoms with E-state index in [9.17, 15) is 0 Å². The van der Waals surface area contributed by atoms with Gasteiger partial charge in [0.25, 0.3) is 0 Å². The molecule has 74 valence electrons. The van der Waals surface area contributed by atoms with Crippen molar-refractivity contribution in [3.63, 3.8) is 0 Å². The van der Waals surface area contributed by atoms with Gasteiger partial charge in [-0.15, -0.1) is 0 Å². The molecule has 0 spiro atoms. The molecule has 1 unspecified atom stereocenters. The molecule has 2 aliphatic carbocycles. The fourth-order valence-electron chi connectivity index (χ4n) is 2.24. The molecule has 13 heavy (non-hydrogen) atoms. The van der Waals surface area contributed by atoms with Crippen molar-refractivity contribution in [2.75, 3.05) is 0 Å². The van der Waals surface area contributed by atoms with Crippen molar-refractivity contribution in [2.45, 2.75) is 57.4 Å². The van der Waals surface area contributed by atoms with Gasteiger partial charge >= 0.3 is 0 Å². The van der Waals surface area contributed by atoms with E-state index in [0.29, 0.717) is 6.04 Å². The normalized spacial score (nSPS) is 26.4. The van der Waals surface area contributed by atoms with Gasteiger partial charge in [-0.05, 0) is 38.0 Å². The maximum absolute atomic E-state index is 6.19. The van der Waals surface area contributed by atoms with Crippen LogP contribution in [-0.2, 0) is 0 Å². The van der Waals surface area contributed by atoms with E-state index in [0.717, 1.165) is 5.92 Å². The number of hydrogen-bond donors (Lipinski definition) is 1. The zero-order chi connectivity index (χ0) is 9.10. The summed E-state index contributed by atoms with van der Waals surface area (Å²) in [5.41, 5.74) is 7.75. The van der Waals surface area contributed by atoms with Crippen molar-refractivity contribution >= 4 is 0 Å². The Labute approximate surface area is 81.4 Å². The number of hydrogen-bond acceptors (Lipinski definition) is 1. The van der Waals surface area contributed by atoms with Crippen LogP contribution in [0.2, 0.25) is 0 Å². The summed E-state index contributed by atoms with van der Waals surface area (Å²) in [7, 11) is 0. The Morgan fingerprint density at radius 3 is 2.92 bits per heavy atom. The molecule has 2 rings (SSSR count). The predicted molar refractivity (Wildman–Crippen MR) is 56.5 cm³/mol. The topological polar surface area (TPSA) is 26.0 Å². The number of nitrogens with two attached hydrogens (primary N) is 1. The molecule has 2 aliphatic rings. The summed E-state index contributed by atoms with van der Waals surface area (Å²) in [6, 6.07) is 0.394. The minimum Gasteiger partial charge on any atom is -0.324 e. The first-order valence-corrected chi connectivity index (χ1v) is 5.81. The molecular weight excluding hydrogens is 158 g/mol. The fraction of sp³-hybridized carbons (Fsp3) is 0.833. The van der Waals surface area contributed by atoms with Crippen molar-refractivity contribution in [3.05, 3.63) is 11.6 Å². The second-order valence-electron chi connectivity index (χ2n) is 4.66. The Morgan fingerprint density at radius 1 is 1.31 bits per heavy atom. The van der Waals surface area contributed by atoms with E-state index in [1.807, 2.05) is 0 Å². The van der Waals surface area contributed by atoms with E-state index >= 15 is 0 Å². The third-order valence-electron chi connectivity index (χ3n) is 3.34. The van der Waals surface area contributed by atoms with E-state index in [-0.39, 0.29) is 0 Å². The Morgan fingerprint density at radius 2 is 2.15 bits per heavy atom. The highest BCUT2D eigenvalue weighted by Gasteiger charge is 2.25. The molecule has 1 saturated carbocycles. The first-order valence-electron chi connectivity index (χ1n) is 5.81. The lowest BCUT2D eigenvalue weighted by atomic mass is 9.98. The molecule has 0 aromatic rings. The molecule has 0 saturated heterocycles. The van der Waals surface area contributed by atoms with Crippen LogP contribution in [0.1, 0.15) is 51.4 Å². The first-order chi connectivity index (χ1) is 6.36. The lowest BCUT2D eigenvalue weighted by molar-refractivity contribution is 0.600. The van der Waals surface area contributed by atoms with Crippen LogP contribution in [0.3, 0.4) is 0 Å². The Kier molecular flexibility index (Phi) is 3.05. The van der Waals surface area contributed by atoms with Crippen molar-refractivity contribution in [3.8, 4) is 0 Å². The van der Waals surface area contributed by atoms with Gasteiger partial charge < -0.3 is 5.73 Å². The number of rotatable bonds is 3. The summed E-state index contributed by atoms with van der Waals surface area (Å²) < 4.78 is 0. The summed E-state index contributed by atoms with van der Waals surface area (Å²) in [6.45, 7) is 0. The van der Waals surface area contributed by atoms with E-state index < -0.39 is 0 Å². The lowest BCUT2D eigenvalue weighted by Gasteiger charge is -2.14. The molecule has 0 radical (unpaired) electrons. The summed E-state index contributed by atoms with van der Waals surface area (Å²) in [5.74, 6) is 0.971. The molecule has 0 aromatic heterocycles. The van der Waals surface area contributed by atoms with Crippen molar-refractivity contribution in [2.24, 2.45) is 11.7 Å². The largest absolute Gasteiger partial charge is 0.324 e. The third-order valence-corrected chi connectivity index (χ3v) is 3.34. The average Bonchev–Trinajstić information content (AvgIpc) is 2.87. The second kappa shape index (κ2) is 4.28. The number of allylic oxidation sites excluding steroid dienone is 1. The van der Waals surface area contributed by atoms with Gasteiger partial charge in [-0.3, -0.25) is 0 Å². The third kappa shape index (κ3) is 2.84. The van der Waals surface area contributed by atoms with Crippen LogP contribution in [0.25, 0.3) is 0 Å². The van der Waals surface area contributed by atoms with Gasteiger partial charge in [0, 0.05) is 6.04 Å². The monoisotopic (exact) mass is 179 g/mol. The van der Waals surface area contributed by atoms with E-state index in [2.05, 4.69) is 6.08 Å².